The number of piperidine rings is 1. The third-order valence-electron chi connectivity index (χ3n) is 4.43. The molecule has 2 aromatic carbocycles. The molecule has 0 amide bonds. The number of hydrogen-bond donors (Lipinski definition) is 2. The average molecular weight is 401 g/mol. The minimum Gasteiger partial charge on any atom is -0.490 e. The van der Waals surface area contributed by atoms with E-state index >= 15 is 0 Å². The third kappa shape index (κ3) is 7.75. The fourth-order valence-corrected chi connectivity index (χ4v) is 3.11. The number of halogens is 1. The Labute approximate surface area is 168 Å². The maximum atomic E-state index is 13.3. The molecular weight excluding hydrogens is 377 g/mol. The summed E-state index contributed by atoms with van der Waals surface area (Å²) in [4.78, 5) is 21.4. The highest BCUT2D eigenvalue weighted by atomic mass is 19.1. The van der Waals surface area contributed by atoms with Crippen LogP contribution in [-0.4, -0.2) is 53.3 Å². The summed E-state index contributed by atoms with van der Waals surface area (Å²) in [5.74, 6) is -1.84. The van der Waals surface area contributed by atoms with E-state index in [0.29, 0.717) is 23.8 Å². The SMILES string of the molecule is CN1CCC(Oc2cccc(F)c2)C(c2ccccc2)C1.O=C(O)C=CC(=O)O. The summed E-state index contributed by atoms with van der Waals surface area (Å²) < 4.78 is 19.4. The Morgan fingerprint density at radius 2 is 1.72 bits per heavy atom. The average Bonchev–Trinajstić information content (AvgIpc) is 2.69. The molecule has 3 rings (SSSR count). The van der Waals surface area contributed by atoms with E-state index in [2.05, 4.69) is 36.2 Å². The van der Waals surface area contributed by atoms with Crippen molar-refractivity contribution in [1.82, 2.24) is 4.90 Å². The number of aliphatic carboxylic acids is 2. The van der Waals surface area contributed by atoms with E-state index in [1.165, 1.54) is 17.7 Å². The summed E-state index contributed by atoms with van der Waals surface area (Å²) >= 11 is 0. The number of rotatable bonds is 5. The number of likely N-dealkylation sites (tertiary alicyclic amines) is 1. The normalized spacial score (nSPS) is 19.2. The minimum absolute atomic E-state index is 0.0883. The lowest BCUT2D eigenvalue weighted by Gasteiger charge is -2.37. The molecule has 0 aliphatic carbocycles. The van der Waals surface area contributed by atoms with Gasteiger partial charge in [0.15, 0.2) is 0 Å². The molecule has 0 aromatic heterocycles. The molecule has 2 N–H and O–H groups in total. The predicted molar refractivity (Wildman–Crippen MR) is 107 cm³/mol. The van der Waals surface area contributed by atoms with Crippen LogP contribution in [0.2, 0.25) is 0 Å². The second-order valence-corrected chi connectivity index (χ2v) is 6.69. The van der Waals surface area contributed by atoms with Crippen LogP contribution < -0.4 is 4.74 Å². The first-order valence-corrected chi connectivity index (χ1v) is 9.15. The van der Waals surface area contributed by atoms with Crippen LogP contribution in [0.3, 0.4) is 0 Å². The van der Waals surface area contributed by atoms with Crippen molar-refractivity contribution in [2.75, 3.05) is 20.1 Å². The van der Waals surface area contributed by atoms with Gasteiger partial charge in [-0.25, -0.2) is 14.0 Å². The summed E-state index contributed by atoms with van der Waals surface area (Å²) in [7, 11) is 2.13. The zero-order valence-corrected chi connectivity index (χ0v) is 16.1. The molecule has 2 aromatic rings. The number of nitrogens with zero attached hydrogens (tertiary/aromatic N) is 1. The van der Waals surface area contributed by atoms with Gasteiger partial charge in [-0.2, -0.15) is 0 Å². The maximum absolute atomic E-state index is 13.3. The quantitative estimate of drug-likeness (QED) is 0.747. The lowest BCUT2D eigenvalue weighted by molar-refractivity contribution is -0.134. The van der Waals surface area contributed by atoms with Gasteiger partial charge in [0.1, 0.15) is 17.7 Å². The van der Waals surface area contributed by atoms with Crippen LogP contribution in [0.1, 0.15) is 17.9 Å². The van der Waals surface area contributed by atoms with Crippen molar-refractivity contribution in [2.45, 2.75) is 18.4 Å². The van der Waals surface area contributed by atoms with Crippen LogP contribution in [0.25, 0.3) is 0 Å². The highest BCUT2D eigenvalue weighted by Gasteiger charge is 2.30. The first kappa shape index (κ1) is 22.1. The number of benzene rings is 2. The number of carbonyl (C=O) groups is 2. The van der Waals surface area contributed by atoms with Gasteiger partial charge in [-0.15, -0.1) is 0 Å². The Morgan fingerprint density at radius 1 is 1.07 bits per heavy atom. The molecule has 1 saturated heterocycles. The van der Waals surface area contributed by atoms with Gasteiger partial charge in [0.25, 0.3) is 0 Å². The molecule has 7 heteroatoms. The minimum atomic E-state index is -1.26. The van der Waals surface area contributed by atoms with Gasteiger partial charge in [-0.3, -0.25) is 0 Å². The van der Waals surface area contributed by atoms with Crippen molar-refractivity contribution in [1.29, 1.82) is 0 Å². The van der Waals surface area contributed by atoms with Gasteiger partial charge in [-0.1, -0.05) is 36.4 Å². The van der Waals surface area contributed by atoms with Crippen LogP contribution >= 0.6 is 0 Å². The Hall–Kier alpha value is -3.19. The van der Waals surface area contributed by atoms with E-state index in [-0.39, 0.29) is 11.9 Å². The lowest BCUT2D eigenvalue weighted by Crippen LogP contribution is -2.42. The molecule has 0 radical (unpaired) electrons. The van der Waals surface area contributed by atoms with Crippen molar-refractivity contribution in [3.63, 3.8) is 0 Å². The molecule has 1 aliphatic rings. The number of likely N-dealkylation sites (N-methyl/N-ethyl adjacent to an activating group) is 1. The summed E-state index contributed by atoms with van der Waals surface area (Å²) in [5, 5.41) is 15.6. The molecule has 2 atom stereocenters. The van der Waals surface area contributed by atoms with E-state index < -0.39 is 11.9 Å². The first-order chi connectivity index (χ1) is 13.8. The second kappa shape index (κ2) is 11.0. The van der Waals surface area contributed by atoms with Gasteiger partial charge in [0.2, 0.25) is 0 Å². The fraction of sp³-hybridized carbons (Fsp3) is 0.273. The summed E-state index contributed by atoms with van der Waals surface area (Å²) in [6.45, 7) is 1.97. The number of carboxylic acids is 2. The maximum Gasteiger partial charge on any atom is 0.328 e. The molecule has 1 heterocycles. The molecule has 2 unspecified atom stereocenters. The molecular formula is C22H24FNO5. The first-order valence-electron chi connectivity index (χ1n) is 9.15. The zero-order valence-electron chi connectivity index (χ0n) is 16.1. The highest BCUT2D eigenvalue weighted by molar-refractivity contribution is 5.89. The van der Waals surface area contributed by atoms with E-state index in [1.807, 2.05) is 12.1 Å². The standard InChI is InChI=1S/C18H20FNO.C4H4O4/c1-20-11-10-18(21-16-9-5-8-15(19)12-16)17(13-20)14-6-3-2-4-7-14;5-3(6)1-2-4(7)8/h2-9,12,17-18H,10-11,13H2,1H3;1-2H,(H,5,6)(H,7,8). The Morgan fingerprint density at radius 3 is 2.31 bits per heavy atom. The van der Waals surface area contributed by atoms with Crippen molar-refractivity contribution in [3.8, 4) is 5.75 Å². The molecule has 29 heavy (non-hydrogen) atoms. The third-order valence-corrected chi connectivity index (χ3v) is 4.43. The van der Waals surface area contributed by atoms with Crippen LogP contribution in [0.4, 0.5) is 4.39 Å². The van der Waals surface area contributed by atoms with E-state index in [9.17, 15) is 14.0 Å². The molecule has 6 nitrogen and oxygen atoms in total. The lowest BCUT2D eigenvalue weighted by atomic mass is 9.88. The largest absolute Gasteiger partial charge is 0.490 e. The van der Waals surface area contributed by atoms with Crippen molar-refractivity contribution < 1.29 is 28.9 Å². The van der Waals surface area contributed by atoms with Crippen molar-refractivity contribution >= 4 is 11.9 Å². The summed E-state index contributed by atoms with van der Waals surface area (Å²) in [5.41, 5.74) is 1.28. The van der Waals surface area contributed by atoms with E-state index in [4.69, 9.17) is 14.9 Å². The van der Waals surface area contributed by atoms with Gasteiger partial charge < -0.3 is 19.8 Å². The van der Waals surface area contributed by atoms with Crippen LogP contribution in [0, 0.1) is 5.82 Å². The summed E-state index contributed by atoms with van der Waals surface area (Å²) in [6, 6.07) is 16.8. The molecule has 1 aliphatic heterocycles. The molecule has 154 valence electrons. The Kier molecular flexibility index (Phi) is 8.36. The topological polar surface area (TPSA) is 87.1 Å². The zero-order chi connectivity index (χ0) is 21.2. The van der Waals surface area contributed by atoms with Crippen LogP contribution in [0.5, 0.6) is 5.75 Å². The fourth-order valence-electron chi connectivity index (χ4n) is 3.11. The van der Waals surface area contributed by atoms with Crippen molar-refractivity contribution in [3.05, 3.63) is 78.1 Å². The number of ether oxygens (including phenoxy) is 1. The Bertz CT molecular complexity index is 824. The van der Waals surface area contributed by atoms with E-state index in [1.54, 1.807) is 6.07 Å². The van der Waals surface area contributed by atoms with Crippen LogP contribution in [-0.2, 0) is 9.59 Å². The second-order valence-electron chi connectivity index (χ2n) is 6.69. The van der Waals surface area contributed by atoms with Gasteiger partial charge in [0, 0.05) is 37.2 Å². The molecule has 1 fully saturated rings. The monoisotopic (exact) mass is 401 g/mol. The van der Waals surface area contributed by atoms with Gasteiger partial charge in [0.05, 0.1) is 0 Å². The predicted octanol–water partition coefficient (Wildman–Crippen LogP) is 3.40. The highest BCUT2D eigenvalue weighted by Crippen LogP contribution is 2.30. The smallest absolute Gasteiger partial charge is 0.328 e. The summed E-state index contributed by atoms with van der Waals surface area (Å²) in [6.07, 6.45) is 2.16. The van der Waals surface area contributed by atoms with Gasteiger partial charge >= 0.3 is 11.9 Å². The molecule has 0 bridgehead atoms. The van der Waals surface area contributed by atoms with Crippen LogP contribution in [0.15, 0.2) is 66.7 Å². The van der Waals surface area contributed by atoms with Crippen molar-refractivity contribution in [2.24, 2.45) is 0 Å². The molecule has 0 spiro atoms. The van der Waals surface area contributed by atoms with Gasteiger partial charge in [-0.05, 0) is 31.2 Å². The number of carboxylic acid groups (broad SMARTS) is 2. The Balaban J connectivity index is 0.000000321. The molecule has 0 saturated carbocycles. The number of hydrogen-bond acceptors (Lipinski definition) is 4. The van der Waals surface area contributed by atoms with E-state index in [0.717, 1.165) is 19.5 Å².